The van der Waals surface area contributed by atoms with Crippen molar-refractivity contribution < 1.29 is 4.42 Å². The van der Waals surface area contributed by atoms with Crippen LogP contribution in [0.15, 0.2) is 45.7 Å². The Balaban J connectivity index is 1.85. The molecule has 0 aliphatic rings. The van der Waals surface area contributed by atoms with Crippen LogP contribution in [0.3, 0.4) is 0 Å². The minimum Gasteiger partial charge on any atom is -0.457 e. The third kappa shape index (κ3) is 3.36. The highest BCUT2D eigenvalue weighted by Gasteiger charge is 2.18. The first kappa shape index (κ1) is 14.8. The first-order valence-electron chi connectivity index (χ1n) is 7.08. The number of hydrogen-bond donors (Lipinski definition) is 1. The molecule has 21 heavy (non-hydrogen) atoms. The number of thiazole rings is 1. The van der Waals surface area contributed by atoms with Gasteiger partial charge in [0.05, 0.1) is 21.5 Å². The Kier molecular flexibility index (Phi) is 4.73. The first-order valence-corrected chi connectivity index (χ1v) is 8.69. The Hall–Kier alpha value is -1.17. The second-order valence-corrected chi connectivity index (χ2v) is 6.77. The Morgan fingerprint density at radius 3 is 2.90 bits per heavy atom. The molecule has 1 unspecified atom stereocenters. The van der Waals surface area contributed by atoms with Gasteiger partial charge in [0.25, 0.3) is 0 Å². The summed E-state index contributed by atoms with van der Waals surface area (Å²) < 4.78 is 7.43. The van der Waals surface area contributed by atoms with Gasteiger partial charge < -0.3 is 9.73 Å². The van der Waals surface area contributed by atoms with E-state index in [1.54, 1.807) is 17.6 Å². The molecule has 1 atom stereocenters. The fourth-order valence-corrected chi connectivity index (χ4v) is 3.88. The molecule has 3 nitrogen and oxygen atoms in total. The molecule has 1 aromatic carbocycles. The van der Waals surface area contributed by atoms with Crippen molar-refractivity contribution in [3.63, 3.8) is 0 Å². The van der Waals surface area contributed by atoms with Crippen LogP contribution < -0.4 is 5.32 Å². The van der Waals surface area contributed by atoms with E-state index >= 15 is 0 Å². The highest BCUT2D eigenvalue weighted by atomic mass is 79.9. The molecule has 0 aliphatic heterocycles. The molecule has 0 aliphatic carbocycles. The third-order valence-electron chi connectivity index (χ3n) is 3.38. The number of halogens is 1. The number of aromatic nitrogens is 1. The van der Waals surface area contributed by atoms with Crippen LogP contribution in [0, 0.1) is 0 Å². The smallest absolute Gasteiger partial charge is 0.173 e. The SMILES string of the molecule is CCCNC(Cc1nc2ccccc2s1)c1ccoc1Br. The molecule has 1 N–H and O–H groups in total. The maximum Gasteiger partial charge on any atom is 0.173 e. The molecule has 0 fully saturated rings. The van der Waals surface area contributed by atoms with Gasteiger partial charge in [-0.2, -0.15) is 0 Å². The summed E-state index contributed by atoms with van der Waals surface area (Å²) >= 11 is 5.25. The van der Waals surface area contributed by atoms with Crippen LogP contribution in [0.4, 0.5) is 0 Å². The van der Waals surface area contributed by atoms with Crippen LogP contribution in [0.2, 0.25) is 0 Å². The summed E-state index contributed by atoms with van der Waals surface area (Å²) in [4.78, 5) is 4.73. The van der Waals surface area contributed by atoms with Gasteiger partial charge in [-0.1, -0.05) is 19.1 Å². The minimum atomic E-state index is 0.221. The van der Waals surface area contributed by atoms with Gasteiger partial charge in [-0.3, -0.25) is 0 Å². The lowest BCUT2D eigenvalue weighted by Crippen LogP contribution is -2.24. The normalized spacial score (nSPS) is 12.9. The van der Waals surface area contributed by atoms with E-state index in [0.29, 0.717) is 0 Å². The number of rotatable bonds is 6. The molecule has 0 bridgehead atoms. The molecule has 0 saturated heterocycles. The van der Waals surface area contributed by atoms with Crippen molar-refractivity contribution in [2.75, 3.05) is 6.54 Å². The summed E-state index contributed by atoms with van der Waals surface area (Å²) in [6, 6.07) is 10.5. The molecule has 5 heteroatoms. The molecule has 2 aromatic heterocycles. The van der Waals surface area contributed by atoms with E-state index in [4.69, 9.17) is 9.40 Å². The van der Waals surface area contributed by atoms with Gasteiger partial charge >= 0.3 is 0 Å². The standard InChI is InChI=1S/C16H17BrN2OS/c1-2-8-18-13(11-7-9-20-16(11)17)10-15-19-12-5-3-4-6-14(12)21-15/h3-7,9,13,18H,2,8,10H2,1H3. The molecule has 3 rings (SSSR count). The van der Waals surface area contributed by atoms with Crippen molar-refractivity contribution in [3.8, 4) is 0 Å². The fourth-order valence-electron chi connectivity index (χ4n) is 2.35. The summed E-state index contributed by atoms with van der Waals surface area (Å²) in [6.45, 7) is 3.15. The highest BCUT2D eigenvalue weighted by Crippen LogP contribution is 2.30. The quantitative estimate of drug-likeness (QED) is 0.673. The van der Waals surface area contributed by atoms with Crippen molar-refractivity contribution in [1.82, 2.24) is 10.3 Å². The third-order valence-corrected chi connectivity index (χ3v) is 5.08. The number of nitrogens with zero attached hydrogens (tertiary/aromatic N) is 1. The molecule has 0 spiro atoms. The number of benzene rings is 1. The zero-order valence-electron chi connectivity index (χ0n) is 11.8. The maximum atomic E-state index is 5.38. The van der Waals surface area contributed by atoms with Gasteiger partial charge in [-0.15, -0.1) is 11.3 Å². The topological polar surface area (TPSA) is 38.1 Å². The second kappa shape index (κ2) is 6.73. The molecule has 0 radical (unpaired) electrons. The van der Waals surface area contributed by atoms with Gasteiger partial charge in [0.2, 0.25) is 0 Å². The van der Waals surface area contributed by atoms with Crippen molar-refractivity contribution in [2.45, 2.75) is 25.8 Å². The zero-order chi connectivity index (χ0) is 14.7. The van der Waals surface area contributed by atoms with Crippen LogP contribution in [0.1, 0.15) is 30.0 Å². The number of fused-ring (bicyclic) bond motifs is 1. The van der Waals surface area contributed by atoms with E-state index in [1.807, 2.05) is 12.1 Å². The molecule has 0 saturated carbocycles. The summed E-state index contributed by atoms with van der Waals surface area (Å²) in [5.74, 6) is 0. The van der Waals surface area contributed by atoms with Crippen molar-refractivity contribution >= 4 is 37.5 Å². The summed E-state index contributed by atoms with van der Waals surface area (Å²) in [5, 5.41) is 4.73. The molecule has 0 amide bonds. The lowest BCUT2D eigenvalue weighted by atomic mass is 10.1. The van der Waals surface area contributed by atoms with E-state index < -0.39 is 0 Å². The largest absolute Gasteiger partial charge is 0.457 e. The van der Waals surface area contributed by atoms with E-state index in [0.717, 1.165) is 40.1 Å². The molecule has 2 heterocycles. The number of nitrogens with one attached hydrogen (secondary N) is 1. The maximum absolute atomic E-state index is 5.38. The van der Waals surface area contributed by atoms with Gasteiger partial charge in [0, 0.05) is 18.0 Å². The predicted molar refractivity (Wildman–Crippen MR) is 90.8 cm³/mol. The highest BCUT2D eigenvalue weighted by molar-refractivity contribution is 9.10. The molecule has 3 aromatic rings. The Morgan fingerprint density at radius 2 is 2.19 bits per heavy atom. The first-order chi connectivity index (χ1) is 10.3. The number of hydrogen-bond acceptors (Lipinski definition) is 4. The van der Waals surface area contributed by atoms with E-state index in [-0.39, 0.29) is 6.04 Å². The Morgan fingerprint density at radius 1 is 1.33 bits per heavy atom. The van der Waals surface area contributed by atoms with Crippen LogP contribution in [-0.4, -0.2) is 11.5 Å². The average molecular weight is 365 g/mol. The molecular weight excluding hydrogens is 348 g/mol. The van der Waals surface area contributed by atoms with Crippen molar-refractivity contribution in [3.05, 3.63) is 51.8 Å². The van der Waals surface area contributed by atoms with Crippen LogP contribution in [0.25, 0.3) is 10.2 Å². The van der Waals surface area contributed by atoms with Gasteiger partial charge in [-0.25, -0.2) is 4.98 Å². The molecular formula is C16H17BrN2OS. The van der Waals surface area contributed by atoms with Crippen LogP contribution >= 0.6 is 27.3 Å². The predicted octanol–water partition coefficient (Wildman–Crippen LogP) is 4.94. The number of furan rings is 1. The van der Waals surface area contributed by atoms with Crippen molar-refractivity contribution in [2.24, 2.45) is 0 Å². The lowest BCUT2D eigenvalue weighted by molar-refractivity contribution is 0.497. The lowest BCUT2D eigenvalue weighted by Gasteiger charge is -2.16. The average Bonchev–Trinajstić information content (AvgIpc) is 3.08. The summed E-state index contributed by atoms with van der Waals surface area (Å²) in [6.07, 6.45) is 3.70. The molecule has 110 valence electrons. The zero-order valence-corrected chi connectivity index (χ0v) is 14.2. The van der Waals surface area contributed by atoms with Gasteiger partial charge in [0.1, 0.15) is 0 Å². The second-order valence-electron chi connectivity index (χ2n) is 4.94. The van der Waals surface area contributed by atoms with Crippen LogP contribution in [0.5, 0.6) is 0 Å². The number of para-hydroxylation sites is 1. The fraction of sp³-hybridized carbons (Fsp3) is 0.312. The minimum absolute atomic E-state index is 0.221. The van der Waals surface area contributed by atoms with Gasteiger partial charge in [0.15, 0.2) is 4.67 Å². The Labute approximate surface area is 136 Å². The van der Waals surface area contributed by atoms with Gasteiger partial charge in [-0.05, 0) is 47.1 Å². The van der Waals surface area contributed by atoms with E-state index in [9.17, 15) is 0 Å². The van der Waals surface area contributed by atoms with Crippen molar-refractivity contribution in [1.29, 1.82) is 0 Å². The van der Waals surface area contributed by atoms with E-state index in [1.165, 1.54) is 4.70 Å². The monoisotopic (exact) mass is 364 g/mol. The van der Waals surface area contributed by atoms with E-state index in [2.05, 4.69) is 46.4 Å². The summed E-state index contributed by atoms with van der Waals surface area (Å²) in [7, 11) is 0. The Bertz CT molecular complexity index is 689. The van der Waals surface area contributed by atoms with Crippen LogP contribution in [-0.2, 0) is 6.42 Å². The summed E-state index contributed by atoms with van der Waals surface area (Å²) in [5.41, 5.74) is 2.24.